The van der Waals surface area contributed by atoms with E-state index in [0.717, 1.165) is 29.5 Å². The molecule has 0 atom stereocenters. The van der Waals surface area contributed by atoms with E-state index in [1.54, 1.807) is 35.6 Å². The number of carbonyl (C=O) groups is 1. The summed E-state index contributed by atoms with van der Waals surface area (Å²) in [4.78, 5) is 36.8. The van der Waals surface area contributed by atoms with Crippen molar-refractivity contribution < 1.29 is 9.53 Å². The van der Waals surface area contributed by atoms with E-state index in [4.69, 9.17) is 10.5 Å². The molecule has 0 unspecified atom stereocenters. The molecule has 0 spiro atoms. The van der Waals surface area contributed by atoms with Crippen LogP contribution < -0.4 is 11.3 Å². The van der Waals surface area contributed by atoms with Crippen molar-refractivity contribution >= 4 is 44.1 Å². The van der Waals surface area contributed by atoms with E-state index in [-0.39, 0.29) is 23.9 Å². The molecule has 0 amide bonds. The number of hydrogen-bond donors (Lipinski definition) is 1. The summed E-state index contributed by atoms with van der Waals surface area (Å²) in [6, 6.07) is 6.70. The largest absolute Gasteiger partial charge is 0.453 e. The Kier molecular flexibility index (Phi) is 5.13. The molecule has 32 heavy (non-hydrogen) atoms. The standard InChI is InChI=1S/C23H23N5O3S/c1-12(2)28-22(29)14-8-4-3-7-13(14)19(27-28)23(30)31-11-17-25-20(24)18-15-9-5-6-10-16(15)32-21(18)26-17/h3-4,7-8,12H,5-6,9-11H2,1-2H3,(H2,24,25,26). The SMILES string of the molecule is CC(C)n1nc(C(=O)OCc2nc(N)c3c4c(sc3n2)CCCC4)c2ccccc2c1=O. The van der Waals surface area contributed by atoms with Gasteiger partial charge in [0.15, 0.2) is 18.1 Å². The molecular formula is C23H23N5O3S. The van der Waals surface area contributed by atoms with Gasteiger partial charge in [-0.3, -0.25) is 4.79 Å². The summed E-state index contributed by atoms with van der Waals surface area (Å²) in [7, 11) is 0. The molecule has 2 N–H and O–H groups in total. The van der Waals surface area contributed by atoms with Crippen molar-refractivity contribution in [3.05, 3.63) is 56.6 Å². The van der Waals surface area contributed by atoms with Gasteiger partial charge < -0.3 is 10.5 Å². The van der Waals surface area contributed by atoms with Crippen LogP contribution in [0.5, 0.6) is 0 Å². The number of aryl methyl sites for hydroxylation is 2. The van der Waals surface area contributed by atoms with Gasteiger partial charge in [-0.05, 0) is 51.2 Å². The van der Waals surface area contributed by atoms with Gasteiger partial charge in [-0.1, -0.05) is 18.2 Å². The number of rotatable bonds is 4. The second-order valence-electron chi connectivity index (χ2n) is 8.23. The van der Waals surface area contributed by atoms with Crippen LogP contribution in [0.25, 0.3) is 21.0 Å². The first-order valence-corrected chi connectivity index (χ1v) is 11.5. The van der Waals surface area contributed by atoms with E-state index in [0.29, 0.717) is 22.4 Å². The van der Waals surface area contributed by atoms with Crippen LogP contribution in [-0.4, -0.2) is 25.7 Å². The summed E-state index contributed by atoms with van der Waals surface area (Å²) in [5.74, 6) is 0.143. The lowest BCUT2D eigenvalue weighted by atomic mass is 9.97. The number of thiophene rings is 1. The normalized spacial score (nSPS) is 13.6. The van der Waals surface area contributed by atoms with Gasteiger partial charge in [0.25, 0.3) is 5.56 Å². The predicted octanol–water partition coefficient (Wildman–Crippen LogP) is 3.80. The third kappa shape index (κ3) is 3.42. The number of hydrogen-bond acceptors (Lipinski definition) is 8. The highest BCUT2D eigenvalue weighted by Gasteiger charge is 2.22. The van der Waals surface area contributed by atoms with Gasteiger partial charge in [-0.2, -0.15) is 5.10 Å². The van der Waals surface area contributed by atoms with Crippen molar-refractivity contribution in [1.82, 2.24) is 19.7 Å². The van der Waals surface area contributed by atoms with Crippen LogP contribution >= 0.6 is 11.3 Å². The van der Waals surface area contributed by atoms with Gasteiger partial charge >= 0.3 is 5.97 Å². The fourth-order valence-electron chi connectivity index (χ4n) is 4.20. The molecule has 0 aliphatic heterocycles. The van der Waals surface area contributed by atoms with Crippen LogP contribution in [0.1, 0.15) is 59.5 Å². The number of esters is 1. The average molecular weight is 450 g/mol. The number of ether oxygens (including phenoxy) is 1. The molecule has 164 valence electrons. The molecule has 4 aromatic rings. The number of nitrogens with two attached hydrogens (primary N) is 1. The Labute approximate surface area is 188 Å². The smallest absolute Gasteiger partial charge is 0.359 e. The van der Waals surface area contributed by atoms with Crippen LogP contribution in [0.4, 0.5) is 5.82 Å². The van der Waals surface area contributed by atoms with Gasteiger partial charge in [-0.25, -0.2) is 19.4 Å². The lowest BCUT2D eigenvalue weighted by molar-refractivity contribution is 0.0455. The zero-order valence-corrected chi connectivity index (χ0v) is 18.7. The van der Waals surface area contributed by atoms with Crippen molar-refractivity contribution in [3.63, 3.8) is 0 Å². The number of benzene rings is 1. The molecule has 3 heterocycles. The number of carbonyl (C=O) groups excluding carboxylic acids is 1. The number of anilines is 1. The molecule has 0 saturated heterocycles. The number of aromatic nitrogens is 4. The summed E-state index contributed by atoms with van der Waals surface area (Å²) < 4.78 is 6.81. The minimum atomic E-state index is -0.636. The topological polar surface area (TPSA) is 113 Å². The molecular weight excluding hydrogens is 426 g/mol. The first-order chi connectivity index (χ1) is 15.4. The Morgan fingerprint density at radius 2 is 1.94 bits per heavy atom. The number of nitrogen functional groups attached to an aromatic ring is 1. The summed E-state index contributed by atoms with van der Waals surface area (Å²) in [6.07, 6.45) is 4.38. The molecule has 1 aromatic carbocycles. The van der Waals surface area contributed by atoms with Crippen molar-refractivity contribution in [2.45, 2.75) is 52.2 Å². The van der Waals surface area contributed by atoms with Crippen molar-refractivity contribution in [1.29, 1.82) is 0 Å². The summed E-state index contributed by atoms with van der Waals surface area (Å²) in [6.45, 7) is 3.55. The summed E-state index contributed by atoms with van der Waals surface area (Å²) in [5.41, 5.74) is 7.37. The van der Waals surface area contributed by atoms with Gasteiger partial charge in [0.05, 0.1) is 16.8 Å². The Morgan fingerprint density at radius 3 is 2.72 bits per heavy atom. The molecule has 8 nitrogen and oxygen atoms in total. The molecule has 0 saturated carbocycles. The van der Waals surface area contributed by atoms with Gasteiger partial charge in [-0.15, -0.1) is 11.3 Å². The molecule has 0 bridgehead atoms. The average Bonchev–Trinajstić information content (AvgIpc) is 3.16. The lowest BCUT2D eigenvalue weighted by Gasteiger charge is -2.13. The second kappa shape index (κ2) is 7.98. The Hall–Kier alpha value is -3.33. The van der Waals surface area contributed by atoms with Crippen LogP contribution in [-0.2, 0) is 24.2 Å². The molecule has 0 radical (unpaired) electrons. The quantitative estimate of drug-likeness (QED) is 0.472. The fourth-order valence-corrected chi connectivity index (χ4v) is 5.49. The van der Waals surface area contributed by atoms with Crippen LogP contribution in [0.2, 0.25) is 0 Å². The molecule has 1 aliphatic rings. The molecule has 3 aromatic heterocycles. The highest BCUT2D eigenvalue weighted by atomic mass is 32.1. The predicted molar refractivity (Wildman–Crippen MR) is 124 cm³/mol. The summed E-state index contributed by atoms with van der Waals surface area (Å²) >= 11 is 1.65. The molecule has 0 fully saturated rings. The first-order valence-electron chi connectivity index (χ1n) is 10.7. The minimum absolute atomic E-state index is 0.0922. The van der Waals surface area contributed by atoms with Crippen molar-refractivity contribution in [2.75, 3.05) is 5.73 Å². The Balaban J connectivity index is 1.46. The monoisotopic (exact) mass is 449 g/mol. The minimum Gasteiger partial charge on any atom is -0.453 e. The maximum absolute atomic E-state index is 12.9. The molecule has 9 heteroatoms. The van der Waals surface area contributed by atoms with E-state index < -0.39 is 5.97 Å². The number of fused-ring (bicyclic) bond motifs is 4. The Bertz CT molecular complexity index is 1420. The van der Waals surface area contributed by atoms with Gasteiger partial charge in [0, 0.05) is 10.3 Å². The molecule has 5 rings (SSSR count). The Morgan fingerprint density at radius 1 is 1.19 bits per heavy atom. The van der Waals surface area contributed by atoms with Gasteiger partial charge in [0.1, 0.15) is 10.6 Å². The van der Waals surface area contributed by atoms with E-state index in [2.05, 4.69) is 15.1 Å². The summed E-state index contributed by atoms with van der Waals surface area (Å²) in [5, 5.41) is 6.12. The third-order valence-electron chi connectivity index (χ3n) is 5.73. The first kappa shape index (κ1) is 20.6. The zero-order valence-electron chi connectivity index (χ0n) is 17.9. The zero-order chi connectivity index (χ0) is 22.4. The van der Waals surface area contributed by atoms with Crippen molar-refractivity contribution in [2.24, 2.45) is 0 Å². The third-order valence-corrected chi connectivity index (χ3v) is 6.92. The maximum Gasteiger partial charge on any atom is 0.359 e. The molecule has 1 aliphatic carbocycles. The highest BCUT2D eigenvalue weighted by molar-refractivity contribution is 7.19. The van der Waals surface area contributed by atoms with Crippen LogP contribution in [0.15, 0.2) is 29.1 Å². The fraction of sp³-hybridized carbons (Fsp3) is 0.348. The van der Waals surface area contributed by atoms with Gasteiger partial charge in [0.2, 0.25) is 0 Å². The highest BCUT2D eigenvalue weighted by Crippen LogP contribution is 2.37. The maximum atomic E-state index is 12.9. The lowest BCUT2D eigenvalue weighted by Crippen LogP contribution is -2.28. The number of nitrogens with zero attached hydrogens (tertiary/aromatic N) is 4. The van der Waals surface area contributed by atoms with E-state index >= 15 is 0 Å². The second-order valence-corrected chi connectivity index (χ2v) is 9.31. The van der Waals surface area contributed by atoms with E-state index in [1.165, 1.54) is 21.5 Å². The van der Waals surface area contributed by atoms with Crippen LogP contribution in [0.3, 0.4) is 0 Å². The van der Waals surface area contributed by atoms with E-state index in [1.807, 2.05) is 13.8 Å². The van der Waals surface area contributed by atoms with Crippen molar-refractivity contribution in [3.8, 4) is 0 Å². The van der Waals surface area contributed by atoms with E-state index in [9.17, 15) is 9.59 Å². The van der Waals surface area contributed by atoms with Crippen LogP contribution in [0, 0.1) is 0 Å².